The zero-order valence-electron chi connectivity index (χ0n) is 8.85. The Hall–Kier alpha value is -0.840. The molecule has 1 nitrogen and oxygen atoms in total. The second kappa shape index (κ2) is 4.44. The smallest absolute Gasteiger partial charge is 0.299 e. The number of Topliss-reactive ketones (excluding diaryl/α,β-unsaturated/α-hetero) is 1. The van der Waals surface area contributed by atoms with Crippen molar-refractivity contribution in [1.82, 2.24) is 0 Å². The minimum atomic E-state index is -4.40. The number of halogens is 4. The Kier molecular flexibility index (Phi) is 3.30. The minimum Gasteiger partial charge on any atom is -0.299 e. The molecule has 1 saturated carbocycles. The zero-order valence-corrected chi connectivity index (χ0v) is 10.4. The lowest BCUT2D eigenvalue weighted by atomic mass is 9.92. The number of hydrogen-bond donors (Lipinski definition) is 0. The van der Waals surface area contributed by atoms with Crippen molar-refractivity contribution in [3.63, 3.8) is 0 Å². The van der Waals surface area contributed by atoms with Gasteiger partial charge in [0, 0.05) is 16.8 Å². The molecule has 0 aliphatic heterocycles. The second-order valence-corrected chi connectivity index (χ2v) is 5.06. The monoisotopic (exact) mass is 306 g/mol. The summed E-state index contributed by atoms with van der Waals surface area (Å²) in [6.07, 6.45) is -2.83. The summed E-state index contributed by atoms with van der Waals surface area (Å²) in [6, 6.07) is 3.80. The number of rotatable bonds is 1. The molecule has 1 aliphatic rings. The number of ketones is 1. The fraction of sp³-hybridized carbons (Fsp3) is 0.417. The molecular weight excluding hydrogens is 297 g/mol. The molecule has 17 heavy (non-hydrogen) atoms. The van der Waals surface area contributed by atoms with Gasteiger partial charge < -0.3 is 0 Å². The first kappa shape index (κ1) is 12.6. The van der Waals surface area contributed by atoms with Gasteiger partial charge in [0.15, 0.2) is 0 Å². The minimum absolute atomic E-state index is 0.0893. The number of alkyl halides is 3. The third-order valence-corrected chi connectivity index (χ3v) is 3.49. The third kappa shape index (κ3) is 2.54. The molecule has 1 aromatic carbocycles. The molecule has 0 amide bonds. The van der Waals surface area contributed by atoms with Crippen LogP contribution in [0.5, 0.6) is 0 Å². The van der Waals surface area contributed by atoms with Gasteiger partial charge >= 0.3 is 6.18 Å². The average Bonchev–Trinajstić information content (AvgIpc) is 2.62. The maximum atomic E-state index is 12.8. The van der Waals surface area contributed by atoms with Gasteiger partial charge in [-0.15, -0.1) is 0 Å². The van der Waals surface area contributed by atoms with E-state index in [1.807, 2.05) is 0 Å². The Morgan fingerprint density at radius 2 is 2.00 bits per heavy atom. The van der Waals surface area contributed by atoms with Crippen molar-refractivity contribution in [2.75, 3.05) is 0 Å². The largest absolute Gasteiger partial charge is 0.416 e. The Labute approximate surface area is 105 Å². The van der Waals surface area contributed by atoms with Crippen LogP contribution in [0.2, 0.25) is 0 Å². The maximum absolute atomic E-state index is 12.8. The van der Waals surface area contributed by atoms with Crippen LogP contribution in [0.4, 0.5) is 13.2 Å². The normalized spacial score (nSPS) is 20.9. The SMILES string of the molecule is O=C1CCCC1c1cc(Br)ccc1C(F)(F)F. The van der Waals surface area contributed by atoms with E-state index in [4.69, 9.17) is 0 Å². The lowest BCUT2D eigenvalue weighted by molar-refractivity contribution is -0.138. The fourth-order valence-corrected chi connectivity index (χ4v) is 2.60. The van der Waals surface area contributed by atoms with Crippen molar-refractivity contribution in [3.05, 3.63) is 33.8 Å². The molecule has 0 radical (unpaired) electrons. The van der Waals surface area contributed by atoms with Crippen molar-refractivity contribution in [2.45, 2.75) is 31.4 Å². The predicted octanol–water partition coefficient (Wildman–Crippen LogP) is 4.30. The average molecular weight is 307 g/mol. The lowest BCUT2D eigenvalue weighted by Gasteiger charge is -2.17. The van der Waals surface area contributed by atoms with Gasteiger partial charge in [-0.2, -0.15) is 13.2 Å². The van der Waals surface area contributed by atoms with Crippen LogP contribution in [-0.4, -0.2) is 5.78 Å². The van der Waals surface area contributed by atoms with Gasteiger partial charge in [-0.1, -0.05) is 15.9 Å². The van der Waals surface area contributed by atoms with Gasteiger partial charge in [0.1, 0.15) is 5.78 Å². The molecule has 0 aromatic heterocycles. The van der Waals surface area contributed by atoms with Crippen molar-refractivity contribution in [3.8, 4) is 0 Å². The fourth-order valence-electron chi connectivity index (χ4n) is 2.22. The maximum Gasteiger partial charge on any atom is 0.416 e. The van der Waals surface area contributed by atoms with Crippen LogP contribution in [0.25, 0.3) is 0 Å². The summed E-state index contributed by atoms with van der Waals surface area (Å²) in [6.45, 7) is 0. The van der Waals surface area contributed by atoms with Crippen LogP contribution in [0.3, 0.4) is 0 Å². The highest BCUT2D eigenvalue weighted by Gasteiger charge is 2.38. The quantitative estimate of drug-likeness (QED) is 0.756. The highest BCUT2D eigenvalue weighted by atomic mass is 79.9. The van der Waals surface area contributed by atoms with Crippen LogP contribution in [0, 0.1) is 0 Å². The lowest BCUT2D eigenvalue weighted by Crippen LogP contribution is -2.14. The standard InChI is InChI=1S/C12H10BrF3O/c13-7-4-5-10(12(14,15)16)9(6-7)8-2-1-3-11(8)17/h4-6,8H,1-3H2. The molecule has 1 aromatic rings. The van der Waals surface area contributed by atoms with E-state index in [2.05, 4.69) is 15.9 Å². The van der Waals surface area contributed by atoms with Gasteiger partial charge in [0.05, 0.1) is 5.56 Å². The zero-order chi connectivity index (χ0) is 12.6. The first-order valence-electron chi connectivity index (χ1n) is 5.29. The molecule has 0 saturated heterocycles. The van der Waals surface area contributed by atoms with Crippen LogP contribution >= 0.6 is 15.9 Å². The van der Waals surface area contributed by atoms with Crippen LogP contribution in [0.15, 0.2) is 22.7 Å². The molecule has 1 unspecified atom stereocenters. The summed E-state index contributed by atoms with van der Waals surface area (Å²) in [5.74, 6) is -0.683. The summed E-state index contributed by atoms with van der Waals surface area (Å²) in [7, 11) is 0. The van der Waals surface area contributed by atoms with Crippen molar-refractivity contribution in [1.29, 1.82) is 0 Å². The van der Waals surface area contributed by atoms with Crippen LogP contribution in [-0.2, 0) is 11.0 Å². The molecule has 0 N–H and O–H groups in total. The summed E-state index contributed by atoms with van der Waals surface area (Å²) in [5, 5.41) is 0. The van der Waals surface area contributed by atoms with E-state index in [1.54, 1.807) is 0 Å². The summed E-state index contributed by atoms with van der Waals surface area (Å²) >= 11 is 3.15. The molecule has 0 spiro atoms. The van der Waals surface area contributed by atoms with E-state index in [9.17, 15) is 18.0 Å². The first-order chi connectivity index (χ1) is 7.89. The number of hydrogen-bond acceptors (Lipinski definition) is 1. The van der Waals surface area contributed by atoms with E-state index in [0.717, 1.165) is 6.07 Å². The first-order valence-corrected chi connectivity index (χ1v) is 6.08. The Morgan fingerprint density at radius 1 is 1.29 bits per heavy atom. The number of carbonyl (C=O) groups is 1. The molecule has 0 heterocycles. The van der Waals surface area contributed by atoms with E-state index >= 15 is 0 Å². The van der Waals surface area contributed by atoms with Crippen molar-refractivity contribution in [2.24, 2.45) is 0 Å². The Balaban J connectivity index is 2.50. The third-order valence-electron chi connectivity index (χ3n) is 3.00. The molecule has 92 valence electrons. The van der Waals surface area contributed by atoms with E-state index in [1.165, 1.54) is 12.1 Å². The summed E-state index contributed by atoms with van der Waals surface area (Å²) in [5.41, 5.74) is -0.588. The van der Waals surface area contributed by atoms with Crippen LogP contribution in [0.1, 0.15) is 36.3 Å². The Bertz CT molecular complexity index is 454. The molecule has 1 aliphatic carbocycles. The van der Waals surface area contributed by atoms with Crippen molar-refractivity contribution < 1.29 is 18.0 Å². The van der Waals surface area contributed by atoms with E-state index < -0.39 is 17.7 Å². The molecule has 5 heteroatoms. The topological polar surface area (TPSA) is 17.1 Å². The van der Waals surface area contributed by atoms with Gasteiger partial charge in [-0.3, -0.25) is 4.79 Å². The van der Waals surface area contributed by atoms with Crippen molar-refractivity contribution >= 4 is 21.7 Å². The number of carbonyl (C=O) groups excluding carboxylic acids is 1. The van der Waals surface area contributed by atoms with Gasteiger partial charge in [-0.25, -0.2) is 0 Å². The Morgan fingerprint density at radius 3 is 2.53 bits per heavy atom. The molecule has 1 atom stereocenters. The highest BCUT2D eigenvalue weighted by molar-refractivity contribution is 9.10. The van der Waals surface area contributed by atoms with Gasteiger partial charge in [0.2, 0.25) is 0 Å². The molecular formula is C12H10BrF3O. The van der Waals surface area contributed by atoms with Gasteiger partial charge in [0.25, 0.3) is 0 Å². The molecule has 2 rings (SSSR count). The molecule has 0 bridgehead atoms. The van der Waals surface area contributed by atoms with E-state index in [-0.39, 0.29) is 11.3 Å². The predicted molar refractivity (Wildman–Crippen MR) is 60.7 cm³/mol. The number of benzene rings is 1. The van der Waals surface area contributed by atoms with E-state index in [0.29, 0.717) is 23.7 Å². The second-order valence-electron chi connectivity index (χ2n) is 4.14. The summed E-state index contributed by atoms with van der Waals surface area (Å²) in [4.78, 5) is 11.6. The molecule has 1 fully saturated rings. The summed E-state index contributed by atoms with van der Waals surface area (Å²) < 4.78 is 39.1. The highest BCUT2D eigenvalue weighted by Crippen LogP contribution is 2.40. The van der Waals surface area contributed by atoms with Crippen LogP contribution < -0.4 is 0 Å². The van der Waals surface area contributed by atoms with Gasteiger partial charge in [-0.05, 0) is 36.6 Å².